The highest BCUT2D eigenvalue weighted by atomic mass is 35.5. The highest BCUT2D eigenvalue weighted by Gasteiger charge is 2.35. The average molecular weight is 1040 g/mol. The van der Waals surface area contributed by atoms with Crippen LogP contribution in [0.25, 0.3) is 27.8 Å². The van der Waals surface area contributed by atoms with Gasteiger partial charge in [-0.25, -0.2) is 18.9 Å². The number of carbonyl (C=O) groups excluding carboxylic acids is 2. The molecule has 18 nitrogen and oxygen atoms in total. The zero-order valence-electron chi connectivity index (χ0n) is 41.8. The van der Waals surface area contributed by atoms with Crippen LogP contribution in [-0.2, 0) is 33.8 Å². The number of aromatic hydroxyl groups is 2. The number of anilines is 2. The van der Waals surface area contributed by atoms with Gasteiger partial charge >= 0.3 is 11.7 Å². The van der Waals surface area contributed by atoms with Gasteiger partial charge in [0, 0.05) is 80.5 Å². The third-order valence-corrected chi connectivity index (χ3v) is 14.3. The first-order valence-electron chi connectivity index (χ1n) is 25.1. The van der Waals surface area contributed by atoms with Crippen LogP contribution in [0.4, 0.5) is 15.9 Å². The van der Waals surface area contributed by atoms with Gasteiger partial charge in [0.05, 0.1) is 66.5 Å². The number of hydrogen-bond donors (Lipinski definition) is 4. The molecule has 2 amide bonds. The maximum atomic E-state index is 14.1. The third-order valence-electron chi connectivity index (χ3n) is 14.0. The van der Waals surface area contributed by atoms with Crippen molar-refractivity contribution in [3.05, 3.63) is 135 Å². The molecule has 4 N–H and O–H groups in total. The van der Waals surface area contributed by atoms with E-state index in [2.05, 4.69) is 48.9 Å². The van der Waals surface area contributed by atoms with Gasteiger partial charge in [-0.05, 0) is 78.6 Å². The maximum absolute atomic E-state index is 14.1. The SMILES string of the molecule is C=C(F)C(=O)N1CCN(c2nc(OCC3CCN(CCCOC=CC(=O)NCc4ccc(-n5c(-c6cc(C(C)C)c(O)cc6O)n[nH]c5=O)cc4)C3)nc3c2CCN(c2cccc4cccc(Cl)c24)C3)CC1CC#N. The van der Waals surface area contributed by atoms with E-state index in [-0.39, 0.29) is 67.1 Å². The van der Waals surface area contributed by atoms with Gasteiger partial charge < -0.3 is 44.6 Å². The number of fused-ring (bicyclic) bond motifs is 2. The number of carbonyl (C=O) groups is 2. The van der Waals surface area contributed by atoms with Crippen molar-refractivity contribution in [2.75, 3.05) is 68.8 Å². The summed E-state index contributed by atoms with van der Waals surface area (Å²) < 4.78 is 27.5. The van der Waals surface area contributed by atoms with Crippen LogP contribution in [0.5, 0.6) is 17.5 Å². The van der Waals surface area contributed by atoms with Gasteiger partial charge in [0.15, 0.2) is 11.7 Å². The fraction of sp³-hybridized carbons (Fsp3) is 0.364. The second-order valence-corrected chi connectivity index (χ2v) is 19.8. The number of rotatable bonds is 18. The Labute approximate surface area is 438 Å². The number of hydrogen-bond acceptors (Lipinski definition) is 14. The van der Waals surface area contributed by atoms with Gasteiger partial charge in [-0.1, -0.05) is 68.4 Å². The molecular formula is C55H59ClFN11O7. The van der Waals surface area contributed by atoms with Crippen molar-refractivity contribution in [1.29, 1.82) is 5.26 Å². The summed E-state index contributed by atoms with van der Waals surface area (Å²) in [6.07, 6.45) is 5.07. The number of H-pyrrole nitrogens is 1. The van der Waals surface area contributed by atoms with Crippen LogP contribution in [0.15, 0.2) is 102 Å². The zero-order chi connectivity index (χ0) is 52.8. The molecule has 390 valence electrons. The molecule has 75 heavy (non-hydrogen) atoms. The standard InChI is InChI=1S/C55H59ClFN11O7/c1-34(2)42-27-43(48(70)28-47(42)69)52-62-63-55(73)68(52)39-13-11-36(12-14-39)29-59-49(71)18-26-74-25-6-20-64-21-16-37(30-64)33-75-54-60-45-32-65(46-10-5-8-38-7-4-9-44(56)50(38)46)22-17-41(45)51(61-54)66-23-24-67(53(72)35(3)57)40(31-66)15-19-58/h4-5,7-14,18,26-28,34,37,40,69-70H,3,6,15-17,20-25,29-33H2,1-2H3,(H,59,71)(H,63,73). The molecule has 3 aliphatic heterocycles. The number of halogens is 2. The number of phenols is 2. The molecule has 2 saturated heterocycles. The minimum absolute atomic E-state index is 0.0277. The number of likely N-dealkylation sites (tertiary alicyclic amines) is 1. The van der Waals surface area contributed by atoms with Crippen molar-refractivity contribution < 1.29 is 33.7 Å². The van der Waals surface area contributed by atoms with E-state index in [0.717, 1.165) is 65.8 Å². The van der Waals surface area contributed by atoms with E-state index in [1.807, 2.05) is 44.2 Å². The number of nitrogens with zero attached hydrogens (tertiary/aromatic N) is 9. The summed E-state index contributed by atoms with van der Waals surface area (Å²) in [6.45, 7) is 12.6. The van der Waals surface area contributed by atoms with E-state index in [1.165, 1.54) is 27.9 Å². The van der Waals surface area contributed by atoms with Gasteiger partial charge in [-0.2, -0.15) is 20.3 Å². The molecule has 3 aliphatic rings. The molecule has 2 aromatic heterocycles. The number of phenolic OH excluding ortho intramolecular Hbond substituents is 2. The normalized spacial score (nSPS) is 16.9. The summed E-state index contributed by atoms with van der Waals surface area (Å²) in [6, 6.07) is 23.7. The zero-order valence-corrected chi connectivity index (χ0v) is 42.6. The van der Waals surface area contributed by atoms with Crippen LogP contribution >= 0.6 is 11.6 Å². The largest absolute Gasteiger partial charge is 0.508 e. The highest BCUT2D eigenvalue weighted by Crippen LogP contribution is 2.39. The lowest BCUT2D eigenvalue weighted by molar-refractivity contribution is -0.131. The minimum atomic E-state index is -1.05. The molecule has 5 heterocycles. The Morgan fingerprint density at radius 2 is 1.83 bits per heavy atom. The van der Waals surface area contributed by atoms with Crippen molar-refractivity contribution in [3.63, 3.8) is 0 Å². The second-order valence-electron chi connectivity index (χ2n) is 19.4. The highest BCUT2D eigenvalue weighted by molar-refractivity contribution is 6.36. The number of aromatic nitrogens is 5. The molecule has 0 bridgehead atoms. The van der Waals surface area contributed by atoms with Crippen LogP contribution in [0.3, 0.4) is 0 Å². The van der Waals surface area contributed by atoms with Crippen LogP contribution in [0.2, 0.25) is 5.02 Å². The summed E-state index contributed by atoms with van der Waals surface area (Å²) in [5, 5.41) is 42.7. The van der Waals surface area contributed by atoms with Crippen LogP contribution in [0, 0.1) is 17.2 Å². The summed E-state index contributed by atoms with van der Waals surface area (Å²) in [7, 11) is 0. The molecule has 6 aromatic rings. The molecule has 4 aromatic carbocycles. The third kappa shape index (κ3) is 11.7. The molecule has 9 rings (SSSR count). The monoisotopic (exact) mass is 1040 g/mol. The van der Waals surface area contributed by atoms with E-state index >= 15 is 0 Å². The van der Waals surface area contributed by atoms with Crippen molar-refractivity contribution in [2.45, 2.75) is 64.6 Å². The molecule has 2 fully saturated rings. The van der Waals surface area contributed by atoms with Crippen LogP contribution < -0.4 is 25.5 Å². The quantitative estimate of drug-likeness (QED) is 0.0378. The molecule has 2 atom stereocenters. The summed E-state index contributed by atoms with van der Waals surface area (Å²) in [4.78, 5) is 56.3. The Morgan fingerprint density at radius 1 is 1.03 bits per heavy atom. The van der Waals surface area contributed by atoms with E-state index in [0.29, 0.717) is 66.9 Å². The lowest BCUT2D eigenvalue weighted by Gasteiger charge is -2.42. The van der Waals surface area contributed by atoms with Gasteiger partial charge in [0.1, 0.15) is 17.3 Å². The van der Waals surface area contributed by atoms with E-state index < -0.39 is 23.5 Å². The topological polar surface area (TPSA) is 218 Å². The van der Waals surface area contributed by atoms with Gasteiger partial charge in [0.25, 0.3) is 5.91 Å². The number of nitriles is 1. The number of piperazine rings is 1. The van der Waals surface area contributed by atoms with Crippen molar-refractivity contribution in [3.8, 4) is 40.7 Å². The predicted octanol–water partition coefficient (Wildman–Crippen LogP) is 7.27. The van der Waals surface area contributed by atoms with Crippen LogP contribution in [-0.4, -0.2) is 122 Å². The molecule has 0 aliphatic carbocycles. The minimum Gasteiger partial charge on any atom is -0.508 e. The van der Waals surface area contributed by atoms with Crippen molar-refractivity contribution >= 4 is 45.7 Å². The van der Waals surface area contributed by atoms with Crippen molar-refractivity contribution in [2.24, 2.45) is 5.92 Å². The fourth-order valence-electron chi connectivity index (χ4n) is 10.2. The average Bonchev–Trinajstić information content (AvgIpc) is 4.03. The van der Waals surface area contributed by atoms with E-state index in [9.17, 15) is 34.2 Å². The van der Waals surface area contributed by atoms with E-state index in [1.54, 1.807) is 30.3 Å². The number of benzene rings is 4. The number of aromatic amines is 1. The first-order valence-corrected chi connectivity index (χ1v) is 25.5. The van der Waals surface area contributed by atoms with Gasteiger partial charge in [-0.3, -0.25) is 9.59 Å². The molecule has 0 radical (unpaired) electrons. The first-order chi connectivity index (χ1) is 36.3. The van der Waals surface area contributed by atoms with E-state index in [4.69, 9.17) is 31.0 Å². The molecule has 2 unspecified atom stereocenters. The predicted molar refractivity (Wildman–Crippen MR) is 283 cm³/mol. The second kappa shape index (κ2) is 23.1. The molecule has 0 spiro atoms. The molecule has 20 heteroatoms. The Bertz CT molecular complexity index is 3220. The molecular weight excluding hydrogens is 981 g/mol. The Balaban J connectivity index is 0.761. The fourth-order valence-corrected chi connectivity index (χ4v) is 10.4. The smallest absolute Gasteiger partial charge is 0.348 e. The van der Waals surface area contributed by atoms with Gasteiger partial charge in [-0.15, -0.1) is 0 Å². The molecule has 0 saturated carbocycles. The van der Waals surface area contributed by atoms with Gasteiger partial charge in [0.2, 0.25) is 5.91 Å². The number of nitrogens with one attached hydrogen (secondary N) is 2. The lowest BCUT2D eigenvalue weighted by Crippen LogP contribution is -2.55. The summed E-state index contributed by atoms with van der Waals surface area (Å²) in [5.74, 6) is -1.36. The summed E-state index contributed by atoms with van der Waals surface area (Å²) >= 11 is 6.77. The summed E-state index contributed by atoms with van der Waals surface area (Å²) in [5.41, 5.74) is 4.48. The Kier molecular flexibility index (Phi) is 16.0. The maximum Gasteiger partial charge on any atom is 0.348 e. The van der Waals surface area contributed by atoms with Crippen LogP contribution in [0.1, 0.15) is 61.4 Å². The number of amides is 2. The first kappa shape index (κ1) is 51.9. The Hall–Kier alpha value is -7.95. The Morgan fingerprint density at radius 3 is 2.60 bits per heavy atom. The lowest BCUT2D eigenvalue weighted by atomic mass is 9.98. The number of ether oxygens (including phenoxy) is 2. The van der Waals surface area contributed by atoms with Crippen molar-refractivity contribution in [1.82, 2.24) is 39.8 Å².